The first-order chi connectivity index (χ1) is 7.77. The van der Waals surface area contributed by atoms with Crippen LogP contribution in [0.3, 0.4) is 0 Å². The number of rotatable bonds is 3. The number of carbonyl (C=O) groups excluding carboxylic acids is 1. The average Bonchev–Trinajstić information content (AvgIpc) is 2.31. The molecule has 0 amide bonds. The Morgan fingerprint density at radius 3 is 2.56 bits per heavy atom. The Hall–Kier alpha value is -1.51. The normalized spacial score (nSPS) is 17.0. The lowest BCUT2D eigenvalue weighted by Crippen LogP contribution is -2.25. The highest BCUT2D eigenvalue weighted by Crippen LogP contribution is 2.25. The minimum atomic E-state index is -1.17. The SMILES string of the molecule is O=C([O-])c1ccccc1OC1CCCCC1. The van der Waals surface area contributed by atoms with Crippen molar-refractivity contribution in [2.75, 3.05) is 0 Å². The number of carbonyl (C=O) groups is 1. The minimum absolute atomic E-state index is 0.146. The minimum Gasteiger partial charge on any atom is -0.545 e. The van der Waals surface area contributed by atoms with Crippen molar-refractivity contribution in [1.82, 2.24) is 0 Å². The van der Waals surface area contributed by atoms with Gasteiger partial charge in [-0.15, -0.1) is 0 Å². The van der Waals surface area contributed by atoms with Crippen molar-refractivity contribution < 1.29 is 14.6 Å². The molecule has 1 aromatic rings. The average molecular weight is 219 g/mol. The smallest absolute Gasteiger partial charge is 0.128 e. The van der Waals surface area contributed by atoms with Crippen molar-refractivity contribution >= 4 is 5.97 Å². The van der Waals surface area contributed by atoms with Crippen molar-refractivity contribution in [3.63, 3.8) is 0 Å². The first kappa shape index (κ1) is 11.0. The van der Waals surface area contributed by atoms with Gasteiger partial charge in [0.05, 0.1) is 12.1 Å². The van der Waals surface area contributed by atoms with Gasteiger partial charge in [0.15, 0.2) is 0 Å². The quantitative estimate of drug-likeness (QED) is 0.778. The van der Waals surface area contributed by atoms with Gasteiger partial charge in [0, 0.05) is 5.56 Å². The number of benzene rings is 1. The number of hydrogen-bond donors (Lipinski definition) is 0. The third kappa shape index (κ3) is 2.54. The van der Waals surface area contributed by atoms with Gasteiger partial charge in [-0.1, -0.05) is 18.6 Å². The summed E-state index contributed by atoms with van der Waals surface area (Å²) in [6.07, 6.45) is 5.77. The lowest BCUT2D eigenvalue weighted by atomic mass is 9.97. The van der Waals surface area contributed by atoms with Crippen LogP contribution < -0.4 is 9.84 Å². The fourth-order valence-corrected chi connectivity index (χ4v) is 2.10. The first-order valence-corrected chi connectivity index (χ1v) is 5.74. The monoisotopic (exact) mass is 219 g/mol. The Balaban J connectivity index is 2.10. The molecule has 0 spiro atoms. The number of hydrogen-bond acceptors (Lipinski definition) is 3. The highest BCUT2D eigenvalue weighted by atomic mass is 16.5. The van der Waals surface area contributed by atoms with Gasteiger partial charge in [-0.25, -0.2) is 0 Å². The zero-order chi connectivity index (χ0) is 11.4. The van der Waals surface area contributed by atoms with Gasteiger partial charge in [0.2, 0.25) is 0 Å². The second kappa shape index (κ2) is 5.01. The molecule has 1 aliphatic carbocycles. The van der Waals surface area contributed by atoms with Gasteiger partial charge in [0.1, 0.15) is 5.75 Å². The molecule has 0 bridgehead atoms. The number of aromatic carboxylic acids is 1. The largest absolute Gasteiger partial charge is 0.545 e. The second-order valence-corrected chi connectivity index (χ2v) is 4.16. The van der Waals surface area contributed by atoms with Crippen LogP contribution in [0.15, 0.2) is 24.3 Å². The van der Waals surface area contributed by atoms with Crippen LogP contribution >= 0.6 is 0 Å². The fourth-order valence-electron chi connectivity index (χ4n) is 2.10. The maximum Gasteiger partial charge on any atom is 0.128 e. The lowest BCUT2D eigenvalue weighted by molar-refractivity contribution is -0.255. The summed E-state index contributed by atoms with van der Waals surface area (Å²) in [5.41, 5.74) is 0.146. The van der Waals surface area contributed by atoms with Crippen molar-refractivity contribution in [2.24, 2.45) is 0 Å². The molecule has 3 heteroatoms. The second-order valence-electron chi connectivity index (χ2n) is 4.16. The molecule has 0 aromatic heterocycles. The zero-order valence-corrected chi connectivity index (χ0v) is 9.15. The van der Waals surface area contributed by atoms with Gasteiger partial charge < -0.3 is 14.6 Å². The fraction of sp³-hybridized carbons (Fsp3) is 0.462. The van der Waals surface area contributed by atoms with Crippen LogP contribution in [0.2, 0.25) is 0 Å². The summed E-state index contributed by atoms with van der Waals surface area (Å²) in [7, 11) is 0. The third-order valence-corrected chi connectivity index (χ3v) is 2.95. The molecular formula is C13H15O3-. The summed E-state index contributed by atoms with van der Waals surface area (Å²) in [5.74, 6) is -0.735. The number of ether oxygens (including phenoxy) is 1. The Morgan fingerprint density at radius 2 is 1.88 bits per heavy atom. The van der Waals surface area contributed by atoms with Gasteiger partial charge >= 0.3 is 0 Å². The van der Waals surface area contributed by atoms with Crippen LogP contribution in [-0.4, -0.2) is 12.1 Å². The number of carboxylic acid groups (broad SMARTS) is 1. The highest BCUT2D eigenvalue weighted by Gasteiger charge is 2.16. The van der Waals surface area contributed by atoms with E-state index in [1.54, 1.807) is 18.2 Å². The van der Waals surface area contributed by atoms with E-state index in [2.05, 4.69) is 0 Å². The van der Waals surface area contributed by atoms with Crippen LogP contribution in [0.4, 0.5) is 0 Å². The Labute approximate surface area is 95.0 Å². The maximum atomic E-state index is 10.9. The van der Waals surface area contributed by atoms with Crippen LogP contribution in [-0.2, 0) is 0 Å². The Morgan fingerprint density at radius 1 is 1.19 bits per heavy atom. The van der Waals surface area contributed by atoms with Gasteiger partial charge in [-0.2, -0.15) is 0 Å². The van der Waals surface area contributed by atoms with Gasteiger partial charge in [-0.05, 0) is 37.8 Å². The molecule has 1 saturated carbocycles. The van der Waals surface area contributed by atoms with E-state index in [0.29, 0.717) is 5.75 Å². The summed E-state index contributed by atoms with van der Waals surface area (Å²) in [4.78, 5) is 10.9. The molecular weight excluding hydrogens is 204 g/mol. The molecule has 0 radical (unpaired) electrons. The van der Waals surface area contributed by atoms with Crippen LogP contribution in [0, 0.1) is 0 Å². The summed E-state index contributed by atoms with van der Waals surface area (Å²) in [5, 5.41) is 10.9. The van der Waals surface area contributed by atoms with Crippen LogP contribution in [0.1, 0.15) is 42.5 Å². The molecule has 3 nitrogen and oxygen atoms in total. The topological polar surface area (TPSA) is 49.4 Å². The van der Waals surface area contributed by atoms with E-state index in [1.165, 1.54) is 12.5 Å². The molecule has 1 fully saturated rings. The molecule has 0 unspecified atom stereocenters. The summed E-state index contributed by atoms with van der Waals surface area (Å²) in [6, 6.07) is 6.68. The number of para-hydroxylation sites is 1. The predicted molar refractivity (Wildman–Crippen MR) is 58.3 cm³/mol. The number of carboxylic acids is 1. The highest BCUT2D eigenvalue weighted by molar-refractivity contribution is 5.89. The molecule has 0 N–H and O–H groups in total. The van der Waals surface area contributed by atoms with Gasteiger partial charge in [-0.3, -0.25) is 0 Å². The van der Waals surface area contributed by atoms with Crippen LogP contribution in [0.25, 0.3) is 0 Å². The van der Waals surface area contributed by atoms with E-state index < -0.39 is 5.97 Å². The summed E-state index contributed by atoms with van der Waals surface area (Å²) in [6.45, 7) is 0. The lowest BCUT2D eigenvalue weighted by Gasteiger charge is -2.24. The van der Waals surface area contributed by atoms with Crippen LogP contribution in [0.5, 0.6) is 5.75 Å². The predicted octanol–water partition coefficient (Wildman–Crippen LogP) is 1.76. The van der Waals surface area contributed by atoms with E-state index in [4.69, 9.17) is 4.74 Å². The molecule has 1 aliphatic rings. The zero-order valence-electron chi connectivity index (χ0n) is 9.15. The molecule has 0 heterocycles. The van der Waals surface area contributed by atoms with E-state index in [1.807, 2.05) is 0 Å². The summed E-state index contributed by atoms with van der Waals surface area (Å²) < 4.78 is 5.73. The van der Waals surface area contributed by atoms with E-state index >= 15 is 0 Å². The molecule has 0 saturated heterocycles. The van der Waals surface area contributed by atoms with Crippen molar-refractivity contribution in [3.8, 4) is 5.75 Å². The van der Waals surface area contributed by atoms with Crippen molar-refractivity contribution in [3.05, 3.63) is 29.8 Å². The molecule has 2 rings (SSSR count). The first-order valence-electron chi connectivity index (χ1n) is 5.74. The van der Waals surface area contributed by atoms with Crippen molar-refractivity contribution in [1.29, 1.82) is 0 Å². The Bertz CT molecular complexity index is 367. The maximum absolute atomic E-state index is 10.9. The Kier molecular flexibility index (Phi) is 3.44. The molecule has 0 atom stereocenters. The standard InChI is InChI=1S/C13H16O3/c14-13(15)11-8-4-5-9-12(11)16-10-6-2-1-3-7-10/h4-5,8-10H,1-3,6-7H2,(H,14,15)/p-1. The van der Waals surface area contributed by atoms with E-state index in [0.717, 1.165) is 25.7 Å². The third-order valence-electron chi connectivity index (χ3n) is 2.95. The molecule has 86 valence electrons. The summed E-state index contributed by atoms with van der Waals surface area (Å²) >= 11 is 0. The molecule has 16 heavy (non-hydrogen) atoms. The molecule has 0 aliphatic heterocycles. The molecule has 1 aromatic carbocycles. The van der Waals surface area contributed by atoms with E-state index in [-0.39, 0.29) is 11.7 Å². The van der Waals surface area contributed by atoms with Crippen molar-refractivity contribution in [2.45, 2.75) is 38.2 Å². The van der Waals surface area contributed by atoms with E-state index in [9.17, 15) is 9.90 Å². The van der Waals surface area contributed by atoms with Gasteiger partial charge in [0.25, 0.3) is 0 Å².